The highest BCUT2D eigenvalue weighted by Gasteiger charge is 2.16. The Morgan fingerprint density at radius 1 is 1.00 bits per heavy atom. The van der Waals surface area contributed by atoms with Gasteiger partial charge in [-0.2, -0.15) is 0 Å². The van der Waals surface area contributed by atoms with Gasteiger partial charge in [-0.25, -0.2) is 4.79 Å². The van der Waals surface area contributed by atoms with Crippen LogP contribution in [0.5, 0.6) is 5.75 Å². The highest BCUT2D eigenvalue weighted by molar-refractivity contribution is 9.10. The lowest BCUT2D eigenvalue weighted by molar-refractivity contribution is -0.118. The van der Waals surface area contributed by atoms with Gasteiger partial charge in [-0.3, -0.25) is 4.79 Å². The van der Waals surface area contributed by atoms with Crippen LogP contribution >= 0.6 is 15.9 Å². The molecule has 0 aliphatic carbocycles. The molecule has 32 heavy (non-hydrogen) atoms. The number of fused-ring (bicyclic) bond motifs is 1. The first-order valence-electron chi connectivity index (χ1n) is 10.4. The number of rotatable bonds is 7. The molecule has 3 aromatic rings. The predicted octanol–water partition coefficient (Wildman–Crippen LogP) is 4.92. The summed E-state index contributed by atoms with van der Waals surface area (Å²) in [5.41, 5.74) is 1.24. The Morgan fingerprint density at radius 3 is 2.50 bits per heavy atom. The summed E-state index contributed by atoms with van der Waals surface area (Å²) in [4.78, 5) is 24.3. The number of carbonyl (C=O) groups excluding carboxylic acids is 2. The lowest BCUT2D eigenvalue weighted by Gasteiger charge is -2.12. The fraction of sp³-hybridized carbons (Fsp3) is 0.250. The highest BCUT2D eigenvalue weighted by Crippen LogP contribution is 2.33. The van der Waals surface area contributed by atoms with E-state index >= 15 is 0 Å². The summed E-state index contributed by atoms with van der Waals surface area (Å²) in [6.07, 6.45) is 2.10. The number of ether oxygens (including phenoxy) is 2. The summed E-state index contributed by atoms with van der Waals surface area (Å²) in [5, 5.41) is 10.5. The van der Waals surface area contributed by atoms with Crippen molar-refractivity contribution in [2.24, 2.45) is 0 Å². The van der Waals surface area contributed by atoms with E-state index in [0.717, 1.165) is 34.7 Å². The zero-order valence-electron chi connectivity index (χ0n) is 17.4. The largest absolute Gasteiger partial charge is 0.483 e. The molecule has 7 nitrogen and oxygen atoms in total. The average molecular weight is 498 g/mol. The Morgan fingerprint density at radius 2 is 1.75 bits per heavy atom. The second-order valence-corrected chi connectivity index (χ2v) is 8.28. The molecular formula is C24H24BrN3O4. The molecule has 1 heterocycles. The van der Waals surface area contributed by atoms with Crippen molar-refractivity contribution >= 4 is 50.0 Å². The van der Waals surface area contributed by atoms with Crippen LogP contribution in [0.1, 0.15) is 12.8 Å². The van der Waals surface area contributed by atoms with E-state index in [1.807, 2.05) is 36.4 Å². The maximum atomic E-state index is 12.3. The Labute approximate surface area is 194 Å². The van der Waals surface area contributed by atoms with Crippen LogP contribution < -0.4 is 20.7 Å². The minimum Gasteiger partial charge on any atom is -0.483 e. The summed E-state index contributed by atoms with van der Waals surface area (Å²) in [6.45, 7) is 1.13. The normalized spacial score (nSPS) is 15.3. The number of amides is 3. The maximum Gasteiger partial charge on any atom is 0.319 e. The van der Waals surface area contributed by atoms with Crippen LogP contribution in [-0.4, -0.2) is 37.8 Å². The average Bonchev–Trinajstić information content (AvgIpc) is 3.33. The first-order valence-corrected chi connectivity index (χ1v) is 11.2. The summed E-state index contributed by atoms with van der Waals surface area (Å²) in [6, 6.07) is 18.3. The quantitative estimate of drug-likeness (QED) is 0.432. The number of nitrogens with one attached hydrogen (secondary N) is 3. The molecule has 1 unspecified atom stereocenters. The predicted molar refractivity (Wildman–Crippen MR) is 128 cm³/mol. The van der Waals surface area contributed by atoms with Crippen LogP contribution in [0.3, 0.4) is 0 Å². The van der Waals surface area contributed by atoms with E-state index in [9.17, 15) is 9.59 Å². The number of urea groups is 1. The third-order valence-corrected chi connectivity index (χ3v) is 5.95. The van der Waals surface area contributed by atoms with Crippen molar-refractivity contribution in [2.45, 2.75) is 18.9 Å². The van der Waals surface area contributed by atoms with Crippen molar-refractivity contribution in [3.05, 3.63) is 65.1 Å². The molecule has 8 heteroatoms. The van der Waals surface area contributed by atoms with Gasteiger partial charge in [0.15, 0.2) is 6.61 Å². The van der Waals surface area contributed by atoms with E-state index in [4.69, 9.17) is 9.47 Å². The molecule has 4 rings (SSSR count). The third-order valence-electron chi connectivity index (χ3n) is 5.13. The number of carbonyl (C=O) groups is 2. The first kappa shape index (κ1) is 22.1. The van der Waals surface area contributed by atoms with Crippen LogP contribution in [0.4, 0.5) is 16.2 Å². The molecule has 3 N–H and O–H groups in total. The molecule has 1 fully saturated rings. The Hall–Kier alpha value is -3.10. The van der Waals surface area contributed by atoms with Crippen molar-refractivity contribution in [3.8, 4) is 5.75 Å². The van der Waals surface area contributed by atoms with E-state index in [1.54, 1.807) is 24.3 Å². The molecule has 1 saturated heterocycles. The topological polar surface area (TPSA) is 88.7 Å². The Bertz CT molecular complexity index is 1100. The number of halogens is 1. The Kier molecular flexibility index (Phi) is 7.24. The lowest BCUT2D eigenvalue weighted by Crippen LogP contribution is -2.35. The second-order valence-electron chi connectivity index (χ2n) is 7.48. The van der Waals surface area contributed by atoms with Crippen molar-refractivity contribution in [2.75, 3.05) is 30.4 Å². The van der Waals surface area contributed by atoms with E-state index in [2.05, 4.69) is 31.9 Å². The smallest absolute Gasteiger partial charge is 0.319 e. The van der Waals surface area contributed by atoms with Crippen molar-refractivity contribution < 1.29 is 19.1 Å². The fourth-order valence-corrected chi connectivity index (χ4v) is 4.10. The molecule has 0 aromatic heterocycles. The van der Waals surface area contributed by atoms with Gasteiger partial charge in [-0.15, -0.1) is 0 Å². The van der Waals surface area contributed by atoms with Crippen molar-refractivity contribution in [1.29, 1.82) is 0 Å². The second kappa shape index (κ2) is 10.5. The highest BCUT2D eigenvalue weighted by atomic mass is 79.9. The summed E-state index contributed by atoms with van der Waals surface area (Å²) < 4.78 is 12.0. The molecule has 0 radical (unpaired) electrons. The van der Waals surface area contributed by atoms with E-state index in [1.165, 1.54) is 0 Å². The molecule has 1 aliphatic rings. The monoisotopic (exact) mass is 497 g/mol. The standard InChI is InChI=1S/C24H24BrN3O4/c25-23-20-6-2-1-4-16(20)7-12-21(23)32-15-22(29)27-17-8-10-18(11-9-17)28-24(30)26-14-19-5-3-13-31-19/h1-2,4,6-12,19H,3,5,13-15H2,(H,27,29)(H2,26,28,30). The van der Waals surface area contributed by atoms with Crippen LogP contribution in [-0.2, 0) is 9.53 Å². The third kappa shape index (κ3) is 5.77. The van der Waals surface area contributed by atoms with Gasteiger partial charge in [0, 0.05) is 24.5 Å². The molecular weight excluding hydrogens is 474 g/mol. The number of hydrogen-bond acceptors (Lipinski definition) is 4. The van der Waals surface area contributed by atoms with Gasteiger partial charge in [0.05, 0.1) is 10.6 Å². The van der Waals surface area contributed by atoms with Crippen LogP contribution in [0.25, 0.3) is 10.8 Å². The van der Waals surface area contributed by atoms with Gasteiger partial charge in [-0.05, 0) is 69.9 Å². The van der Waals surface area contributed by atoms with E-state index in [0.29, 0.717) is 23.7 Å². The molecule has 1 atom stereocenters. The van der Waals surface area contributed by atoms with Gasteiger partial charge in [0.1, 0.15) is 5.75 Å². The minimum atomic E-state index is -0.286. The van der Waals surface area contributed by atoms with E-state index < -0.39 is 0 Å². The molecule has 1 aliphatic heterocycles. The lowest BCUT2D eigenvalue weighted by atomic mass is 10.1. The summed E-state index contributed by atoms with van der Waals surface area (Å²) in [5.74, 6) is 0.326. The van der Waals surface area contributed by atoms with Gasteiger partial charge in [0.2, 0.25) is 0 Å². The zero-order chi connectivity index (χ0) is 22.3. The molecule has 3 amide bonds. The van der Waals surface area contributed by atoms with Crippen molar-refractivity contribution in [3.63, 3.8) is 0 Å². The first-order chi connectivity index (χ1) is 15.6. The molecule has 166 valence electrons. The van der Waals surface area contributed by atoms with Gasteiger partial charge in [0.25, 0.3) is 5.91 Å². The van der Waals surface area contributed by atoms with Gasteiger partial charge >= 0.3 is 6.03 Å². The number of hydrogen-bond donors (Lipinski definition) is 3. The minimum absolute atomic E-state index is 0.0933. The van der Waals surface area contributed by atoms with Crippen molar-refractivity contribution in [1.82, 2.24) is 5.32 Å². The Balaban J connectivity index is 1.24. The summed E-state index contributed by atoms with van der Waals surface area (Å²) >= 11 is 3.55. The fourth-order valence-electron chi connectivity index (χ4n) is 3.49. The molecule has 0 saturated carbocycles. The van der Waals surface area contributed by atoms with Gasteiger partial charge < -0.3 is 25.4 Å². The van der Waals surface area contributed by atoms with Crippen LogP contribution in [0.2, 0.25) is 0 Å². The van der Waals surface area contributed by atoms with Gasteiger partial charge in [-0.1, -0.05) is 30.3 Å². The van der Waals surface area contributed by atoms with E-state index in [-0.39, 0.29) is 24.6 Å². The molecule has 0 spiro atoms. The molecule has 3 aromatic carbocycles. The SMILES string of the molecule is O=C(COc1ccc2ccccc2c1Br)Nc1ccc(NC(=O)NCC2CCCO2)cc1. The molecule has 0 bridgehead atoms. The van der Waals surface area contributed by atoms with Crippen LogP contribution in [0, 0.1) is 0 Å². The number of anilines is 2. The summed E-state index contributed by atoms with van der Waals surface area (Å²) in [7, 11) is 0. The number of benzene rings is 3. The maximum absolute atomic E-state index is 12.3. The van der Waals surface area contributed by atoms with Crippen LogP contribution in [0.15, 0.2) is 65.1 Å². The zero-order valence-corrected chi connectivity index (χ0v) is 19.0.